The number of nitrogens with zero attached hydrogens (tertiary/aromatic N) is 2. The highest BCUT2D eigenvalue weighted by Crippen LogP contribution is 2.25. The summed E-state index contributed by atoms with van der Waals surface area (Å²) in [4.78, 5) is 25.2. The highest BCUT2D eigenvalue weighted by Gasteiger charge is 2.26. The number of aromatic nitrogens is 1. The number of benzene rings is 1. The van der Waals surface area contributed by atoms with Crippen LogP contribution in [0.1, 0.15) is 66.5 Å². The zero-order valence-electron chi connectivity index (χ0n) is 20.0. The zero-order chi connectivity index (χ0) is 24.3. The number of hydrogen-bond donors (Lipinski definition) is 1. The molecule has 1 N–H and O–H groups in total. The molecule has 0 atom stereocenters. The van der Waals surface area contributed by atoms with Crippen LogP contribution in [0, 0.1) is 20.8 Å². The maximum Gasteiger partial charge on any atom is 0.340 e. The molecular formula is C24H33N3O5S. The standard InChI is InChI=1S/C24H33N3O5S/c1-16(2)27-18(4)13-21(19(27)5)24(29)32-15-23(28)25-22-14-20(10-9-17(22)3)33(30,31)26-11-7-6-8-12-26/h9-10,13-14,16H,6-8,11-12,15H2,1-5H3,(H,25,28). The topological polar surface area (TPSA) is 97.7 Å². The Bertz CT molecular complexity index is 1150. The number of carbonyl (C=O) groups is 2. The zero-order valence-corrected chi connectivity index (χ0v) is 20.8. The lowest BCUT2D eigenvalue weighted by molar-refractivity contribution is -0.119. The summed E-state index contributed by atoms with van der Waals surface area (Å²) in [7, 11) is -3.62. The summed E-state index contributed by atoms with van der Waals surface area (Å²) in [5, 5.41) is 2.68. The largest absolute Gasteiger partial charge is 0.452 e. The first-order chi connectivity index (χ1) is 15.5. The van der Waals surface area contributed by atoms with Gasteiger partial charge in [-0.15, -0.1) is 0 Å². The first-order valence-electron chi connectivity index (χ1n) is 11.3. The number of ether oxygens (including phenoxy) is 1. The van der Waals surface area contributed by atoms with Crippen molar-refractivity contribution in [3.05, 3.63) is 46.8 Å². The van der Waals surface area contributed by atoms with Gasteiger partial charge >= 0.3 is 5.97 Å². The molecule has 9 heteroatoms. The highest BCUT2D eigenvalue weighted by atomic mass is 32.2. The molecule has 0 saturated carbocycles. The van der Waals surface area contributed by atoms with E-state index in [1.165, 1.54) is 10.4 Å². The molecule has 1 saturated heterocycles. The molecular weight excluding hydrogens is 442 g/mol. The number of aryl methyl sites for hydroxylation is 2. The Morgan fingerprint density at radius 1 is 1.06 bits per heavy atom. The summed E-state index contributed by atoms with van der Waals surface area (Å²) < 4.78 is 34.7. The third-order valence-electron chi connectivity index (χ3n) is 5.99. The van der Waals surface area contributed by atoms with Crippen LogP contribution in [0.2, 0.25) is 0 Å². The van der Waals surface area contributed by atoms with Crippen LogP contribution in [0.3, 0.4) is 0 Å². The minimum Gasteiger partial charge on any atom is -0.452 e. The lowest BCUT2D eigenvalue weighted by atomic mass is 10.2. The van der Waals surface area contributed by atoms with Crippen LogP contribution in [0.4, 0.5) is 5.69 Å². The van der Waals surface area contributed by atoms with E-state index in [1.807, 2.05) is 32.3 Å². The normalized spacial score (nSPS) is 15.0. The molecule has 0 aliphatic carbocycles. The molecule has 1 aliphatic heterocycles. The van der Waals surface area contributed by atoms with Gasteiger partial charge in [-0.05, 0) is 71.2 Å². The van der Waals surface area contributed by atoms with Gasteiger partial charge in [-0.25, -0.2) is 13.2 Å². The molecule has 0 unspecified atom stereocenters. The minimum absolute atomic E-state index is 0.142. The number of rotatable bonds is 7. The van der Waals surface area contributed by atoms with Gasteiger partial charge in [0, 0.05) is 36.2 Å². The Labute approximate surface area is 196 Å². The van der Waals surface area contributed by atoms with E-state index >= 15 is 0 Å². The molecule has 0 spiro atoms. The van der Waals surface area contributed by atoms with Gasteiger partial charge in [0.2, 0.25) is 10.0 Å². The molecule has 1 aromatic carbocycles. The first-order valence-corrected chi connectivity index (χ1v) is 12.7. The summed E-state index contributed by atoms with van der Waals surface area (Å²) in [5.74, 6) is -1.10. The molecule has 180 valence electrons. The number of esters is 1. The number of anilines is 1. The van der Waals surface area contributed by atoms with Crippen LogP contribution < -0.4 is 5.32 Å². The Kier molecular flexibility index (Phi) is 7.64. The van der Waals surface area contributed by atoms with Gasteiger partial charge in [0.1, 0.15) is 0 Å². The van der Waals surface area contributed by atoms with E-state index in [9.17, 15) is 18.0 Å². The third-order valence-corrected chi connectivity index (χ3v) is 7.89. The van der Waals surface area contributed by atoms with Crippen molar-refractivity contribution < 1.29 is 22.7 Å². The summed E-state index contributed by atoms with van der Waals surface area (Å²) in [6.07, 6.45) is 2.72. The fourth-order valence-electron chi connectivity index (χ4n) is 4.32. The molecule has 0 radical (unpaired) electrons. The van der Waals surface area contributed by atoms with Crippen molar-refractivity contribution in [2.45, 2.75) is 64.8 Å². The molecule has 1 fully saturated rings. The molecule has 8 nitrogen and oxygen atoms in total. The maximum atomic E-state index is 13.0. The maximum absolute atomic E-state index is 13.0. The fourth-order valence-corrected chi connectivity index (χ4v) is 5.87. The predicted octanol–water partition coefficient (Wildman–Crippen LogP) is 3.96. The van der Waals surface area contributed by atoms with Gasteiger partial charge in [0.05, 0.1) is 10.5 Å². The summed E-state index contributed by atoms with van der Waals surface area (Å²) in [6, 6.07) is 6.65. The highest BCUT2D eigenvalue weighted by molar-refractivity contribution is 7.89. The van der Waals surface area contributed by atoms with E-state index in [2.05, 4.69) is 5.32 Å². The first kappa shape index (κ1) is 25.0. The predicted molar refractivity (Wildman–Crippen MR) is 127 cm³/mol. The van der Waals surface area contributed by atoms with E-state index in [0.717, 1.165) is 30.7 Å². The van der Waals surface area contributed by atoms with E-state index in [4.69, 9.17) is 4.74 Å². The van der Waals surface area contributed by atoms with Crippen molar-refractivity contribution in [1.82, 2.24) is 8.87 Å². The second-order valence-electron chi connectivity index (χ2n) is 8.81. The number of nitrogens with one attached hydrogen (secondary N) is 1. The molecule has 1 aromatic heterocycles. The Hall–Kier alpha value is -2.65. The molecule has 3 rings (SSSR count). The second kappa shape index (κ2) is 10.1. The van der Waals surface area contributed by atoms with Gasteiger partial charge in [0.15, 0.2) is 6.61 Å². The summed E-state index contributed by atoms with van der Waals surface area (Å²) in [5.41, 5.74) is 3.26. The number of carbonyl (C=O) groups excluding carboxylic acids is 2. The van der Waals surface area contributed by atoms with Crippen molar-refractivity contribution >= 4 is 27.6 Å². The number of amides is 1. The molecule has 1 amide bonds. The number of hydrogen-bond acceptors (Lipinski definition) is 5. The Morgan fingerprint density at radius 3 is 2.33 bits per heavy atom. The quantitative estimate of drug-likeness (QED) is 0.611. The molecule has 0 bridgehead atoms. The van der Waals surface area contributed by atoms with Crippen molar-refractivity contribution in [2.24, 2.45) is 0 Å². The second-order valence-corrected chi connectivity index (χ2v) is 10.8. The SMILES string of the molecule is Cc1ccc(S(=O)(=O)N2CCCCC2)cc1NC(=O)COC(=O)c1cc(C)n(C(C)C)c1C. The van der Waals surface area contributed by atoms with E-state index in [0.29, 0.717) is 29.9 Å². The molecule has 1 aliphatic rings. The van der Waals surface area contributed by atoms with Crippen molar-refractivity contribution in [3.63, 3.8) is 0 Å². The van der Waals surface area contributed by atoms with Crippen LogP contribution in [0.25, 0.3) is 0 Å². The Balaban J connectivity index is 1.68. The van der Waals surface area contributed by atoms with E-state index in [-0.39, 0.29) is 10.9 Å². The smallest absolute Gasteiger partial charge is 0.340 e. The molecule has 2 aromatic rings. The lowest BCUT2D eigenvalue weighted by Gasteiger charge is -2.26. The molecule has 2 heterocycles. The van der Waals surface area contributed by atoms with Crippen LogP contribution in [-0.2, 0) is 19.6 Å². The van der Waals surface area contributed by atoms with Gasteiger partial charge in [-0.2, -0.15) is 4.31 Å². The van der Waals surface area contributed by atoms with Crippen molar-refractivity contribution in [3.8, 4) is 0 Å². The van der Waals surface area contributed by atoms with E-state index < -0.39 is 28.5 Å². The summed E-state index contributed by atoms with van der Waals surface area (Å²) in [6.45, 7) is 10.2. The Morgan fingerprint density at radius 2 is 1.73 bits per heavy atom. The van der Waals surface area contributed by atoms with Gasteiger partial charge in [-0.1, -0.05) is 12.5 Å². The van der Waals surface area contributed by atoms with Gasteiger partial charge in [0.25, 0.3) is 5.91 Å². The van der Waals surface area contributed by atoms with Gasteiger partial charge < -0.3 is 14.6 Å². The fraction of sp³-hybridized carbons (Fsp3) is 0.500. The number of sulfonamides is 1. The van der Waals surface area contributed by atoms with E-state index in [1.54, 1.807) is 25.1 Å². The summed E-state index contributed by atoms with van der Waals surface area (Å²) >= 11 is 0. The van der Waals surface area contributed by atoms with Crippen LogP contribution in [0.5, 0.6) is 0 Å². The lowest BCUT2D eigenvalue weighted by Crippen LogP contribution is -2.35. The minimum atomic E-state index is -3.62. The molecule has 33 heavy (non-hydrogen) atoms. The van der Waals surface area contributed by atoms with Crippen LogP contribution >= 0.6 is 0 Å². The monoisotopic (exact) mass is 475 g/mol. The third kappa shape index (κ3) is 5.47. The van der Waals surface area contributed by atoms with Gasteiger partial charge in [-0.3, -0.25) is 4.79 Å². The van der Waals surface area contributed by atoms with Crippen LogP contribution in [0.15, 0.2) is 29.2 Å². The average Bonchev–Trinajstić information content (AvgIpc) is 3.08. The number of piperidine rings is 1. The average molecular weight is 476 g/mol. The van der Waals surface area contributed by atoms with Crippen molar-refractivity contribution in [1.29, 1.82) is 0 Å². The van der Waals surface area contributed by atoms with Crippen LogP contribution in [-0.4, -0.2) is 48.9 Å². The van der Waals surface area contributed by atoms with Crippen molar-refractivity contribution in [2.75, 3.05) is 25.0 Å².